The van der Waals surface area contributed by atoms with Gasteiger partial charge in [-0.1, -0.05) is 18.2 Å². The van der Waals surface area contributed by atoms with Crippen LogP contribution in [0.1, 0.15) is 12.8 Å². The van der Waals surface area contributed by atoms with Crippen LogP contribution in [0, 0.1) is 0 Å². The summed E-state index contributed by atoms with van der Waals surface area (Å²) in [5.74, 6) is 0.890. The van der Waals surface area contributed by atoms with Crippen LogP contribution in [0.5, 0.6) is 0 Å². The van der Waals surface area contributed by atoms with E-state index in [1.165, 1.54) is 12.0 Å². The van der Waals surface area contributed by atoms with Gasteiger partial charge in [0.2, 0.25) is 5.91 Å². The Morgan fingerprint density at radius 3 is 2.84 bits per heavy atom. The lowest BCUT2D eigenvalue weighted by Gasteiger charge is -2.10. The van der Waals surface area contributed by atoms with Crippen LogP contribution in [0.15, 0.2) is 35.2 Å². The van der Waals surface area contributed by atoms with Gasteiger partial charge < -0.3 is 15.2 Å². The van der Waals surface area contributed by atoms with Crippen LogP contribution >= 0.6 is 11.8 Å². The molecule has 0 aliphatic rings. The zero-order chi connectivity index (χ0) is 13.9. The van der Waals surface area contributed by atoms with Gasteiger partial charge in [0, 0.05) is 25.0 Å². The molecule has 5 heteroatoms. The molecule has 1 atom stereocenters. The Morgan fingerprint density at radius 1 is 1.42 bits per heavy atom. The molecular weight excluding hydrogens is 262 g/mol. The van der Waals surface area contributed by atoms with E-state index in [4.69, 9.17) is 4.74 Å². The number of aliphatic hydroxyl groups excluding tert-OH is 1. The van der Waals surface area contributed by atoms with Crippen LogP contribution in [-0.2, 0) is 9.53 Å². The summed E-state index contributed by atoms with van der Waals surface area (Å²) < 4.78 is 4.78. The lowest BCUT2D eigenvalue weighted by atomic mass is 10.3. The van der Waals surface area contributed by atoms with Crippen molar-refractivity contribution in [2.24, 2.45) is 0 Å². The number of amides is 1. The number of hydrogen-bond acceptors (Lipinski definition) is 4. The Balaban J connectivity index is 2.04. The first-order chi connectivity index (χ1) is 9.22. The number of ether oxygens (including phenoxy) is 1. The van der Waals surface area contributed by atoms with Crippen LogP contribution in [0.4, 0.5) is 0 Å². The molecule has 1 aromatic carbocycles. The predicted molar refractivity (Wildman–Crippen MR) is 77.3 cm³/mol. The first-order valence-electron chi connectivity index (χ1n) is 6.34. The molecule has 1 rings (SSSR count). The van der Waals surface area contributed by atoms with Gasteiger partial charge in [0.15, 0.2) is 0 Å². The van der Waals surface area contributed by atoms with E-state index >= 15 is 0 Å². The van der Waals surface area contributed by atoms with E-state index in [-0.39, 0.29) is 19.1 Å². The van der Waals surface area contributed by atoms with Crippen molar-refractivity contribution >= 4 is 17.7 Å². The molecule has 106 valence electrons. The Kier molecular flexibility index (Phi) is 8.29. The molecule has 0 saturated heterocycles. The number of carbonyl (C=O) groups excluding carboxylic acids is 1. The number of methoxy groups -OCH3 is 1. The van der Waals surface area contributed by atoms with Crippen molar-refractivity contribution in [3.05, 3.63) is 30.3 Å². The summed E-state index contributed by atoms with van der Waals surface area (Å²) in [5, 5.41) is 12.1. The molecule has 0 aromatic heterocycles. The molecule has 0 radical (unpaired) electrons. The van der Waals surface area contributed by atoms with E-state index in [0.717, 1.165) is 12.2 Å². The molecular formula is C14H21NO3S. The van der Waals surface area contributed by atoms with Crippen molar-refractivity contribution in [3.63, 3.8) is 0 Å². The Bertz CT molecular complexity index is 359. The fraction of sp³-hybridized carbons (Fsp3) is 0.500. The molecule has 0 spiro atoms. The molecule has 2 N–H and O–H groups in total. The second kappa shape index (κ2) is 9.83. The van der Waals surface area contributed by atoms with Crippen LogP contribution in [0.2, 0.25) is 0 Å². The van der Waals surface area contributed by atoms with Crippen molar-refractivity contribution in [2.75, 3.05) is 26.0 Å². The van der Waals surface area contributed by atoms with Gasteiger partial charge >= 0.3 is 0 Å². The van der Waals surface area contributed by atoms with E-state index in [9.17, 15) is 9.90 Å². The fourth-order valence-electron chi connectivity index (χ4n) is 1.51. The molecule has 1 amide bonds. The summed E-state index contributed by atoms with van der Waals surface area (Å²) >= 11 is 1.75. The van der Waals surface area contributed by atoms with Gasteiger partial charge in [0.1, 0.15) is 0 Å². The standard InChI is InChI=1S/C14H21NO3S/c1-18-11-12(16)10-15-14(17)8-5-9-19-13-6-3-2-4-7-13/h2-4,6-7,12,16H,5,8-11H2,1H3,(H,15,17). The van der Waals surface area contributed by atoms with Crippen molar-refractivity contribution < 1.29 is 14.6 Å². The van der Waals surface area contributed by atoms with Crippen LogP contribution in [0.3, 0.4) is 0 Å². The maximum atomic E-state index is 11.5. The van der Waals surface area contributed by atoms with Crippen molar-refractivity contribution in [1.29, 1.82) is 0 Å². The quantitative estimate of drug-likeness (QED) is 0.535. The van der Waals surface area contributed by atoms with E-state index in [2.05, 4.69) is 17.4 Å². The third-order valence-electron chi connectivity index (χ3n) is 2.45. The van der Waals surface area contributed by atoms with Crippen molar-refractivity contribution in [3.8, 4) is 0 Å². The zero-order valence-corrected chi connectivity index (χ0v) is 12.0. The molecule has 1 aromatic rings. The van der Waals surface area contributed by atoms with Gasteiger partial charge in [0.25, 0.3) is 0 Å². The van der Waals surface area contributed by atoms with Gasteiger partial charge in [-0.3, -0.25) is 4.79 Å². The van der Waals surface area contributed by atoms with Crippen LogP contribution in [0.25, 0.3) is 0 Å². The average molecular weight is 283 g/mol. The van der Waals surface area contributed by atoms with E-state index in [1.54, 1.807) is 11.8 Å². The van der Waals surface area contributed by atoms with Gasteiger partial charge in [-0.2, -0.15) is 0 Å². The molecule has 0 fully saturated rings. The number of benzene rings is 1. The van der Waals surface area contributed by atoms with Gasteiger partial charge in [-0.25, -0.2) is 0 Å². The summed E-state index contributed by atoms with van der Waals surface area (Å²) in [6, 6.07) is 10.1. The van der Waals surface area contributed by atoms with E-state index in [0.29, 0.717) is 6.42 Å². The summed E-state index contributed by atoms with van der Waals surface area (Å²) in [6.45, 7) is 0.489. The minimum absolute atomic E-state index is 0.0242. The number of rotatable bonds is 9. The topological polar surface area (TPSA) is 58.6 Å². The highest BCUT2D eigenvalue weighted by Crippen LogP contribution is 2.18. The second-order valence-electron chi connectivity index (χ2n) is 4.18. The lowest BCUT2D eigenvalue weighted by molar-refractivity contribution is -0.121. The molecule has 0 saturated carbocycles. The number of nitrogens with one attached hydrogen (secondary N) is 1. The lowest BCUT2D eigenvalue weighted by Crippen LogP contribution is -2.34. The molecule has 1 unspecified atom stereocenters. The molecule has 0 bridgehead atoms. The first kappa shape index (κ1) is 16.0. The Morgan fingerprint density at radius 2 is 2.16 bits per heavy atom. The molecule has 19 heavy (non-hydrogen) atoms. The van der Waals surface area contributed by atoms with Gasteiger partial charge in [-0.05, 0) is 24.3 Å². The smallest absolute Gasteiger partial charge is 0.220 e. The number of hydrogen-bond donors (Lipinski definition) is 2. The van der Waals surface area contributed by atoms with E-state index < -0.39 is 6.10 Å². The SMILES string of the molecule is COCC(O)CNC(=O)CCCSc1ccccc1. The average Bonchev–Trinajstić information content (AvgIpc) is 2.43. The summed E-state index contributed by atoms with van der Waals surface area (Å²) in [4.78, 5) is 12.7. The fourth-order valence-corrected chi connectivity index (χ4v) is 2.38. The van der Waals surface area contributed by atoms with E-state index in [1.807, 2.05) is 18.2 Å². The normalized spacial score (nSPS) is 12.1. The number of carbonyl (C=O) groups is 1. The van der Waals surface area contributed by atoms with Crippen molar-refractivity contribution in [1.82, 2.24) is 5.32 Å². The maximum absolute atomic E-state index is 11.5. The molecule has 0 aliphatic carbocycles. The maximum Gasteiger partial charge on any atom is 0.220 e. The van der Waals surface area contributed by atoms with Crippen molar-refractivity contribution in [2.45, 2.75) is 23.8 Å². The molecule has 0 heterocycles. The molecule has 4 nitrogen and oxygen atoms in total. The Hall–Kier alpha value is -1.04. The van der Waals surface area contributed by atoms with Gasteiger partial charge in [0.05, 0.1) is 12.7 Å². The minimum Gasteiger partial charge on any atom is -0.389 e. The monoisotopic (exact) mass is 283 g/mol. The number of aliphatic hydroxyl groups is 1. The van der Waals surface area contributed by atoms with Crippen LogP contribution < -0.4 is 5.32 Å². The summed E-state index contributed by atoms with van der Waals surface area (Å²) in [5.41, 5.74) is 0. The third-order valence-corrected chi connectivity index (χ3v) is 3.55. The second-order valence-corrected chi connectivity index (χ2v) is 5.35. The Labute approximate surface area is 118 Å². The predicted octanol–water partition coefficient (Wildman–Crippen LogP) is 1.68. The highest BCUT2D eigenvalue weighted by atomic mass is 32.2. The highest BCUT2D eigenvalue weighted by Gasteiger charge is 2.06. The number of thioether (sulfide) groups is 1. The summed E-state index contributed by atoms with van der Waals surface area (Å²) in [7, 11) is 1.52. The minimum atomic E-state index is -0.632. The zero-order valence-electron chi connectivity index (χ0n) is 11.2. The largest absolute Gasteiger partial charge is 0.389 e. The highest BCUT2D eigenvalue weighted by molar-refractivity contribution is 7.99. The molecule has 0 aliphatic heterocycles. The van der Waals surface area contributed by atoms with Crippen LogP contribution in [-0.4, -0.2) is 43.1 Å². The summed E-state index contributed by atoms with van der Waals surface area (Å²) in [6.07, 6.45) is 0.679. The third kappa shape index (κ3) is 7.87. The van der Waals surface area contributed by atoms with Gasteiger partial charge in [-0.15, -0.1) is 11.8 Å². The first-order valence-corrected chi connectivity index (χ1v) is 7.32.